The van der Waals surface area contributed by atoms with Gasteiger partial charge in [-0.05, 0) is 48.2 Å². The Morgan fingerprint density at radius 3 is 2.50 bits per heavy atom. The Balaban J connectivity index is 1.41. The van der Waals surface area contributed by atoms with E-state index >= 15 is 0 Å². The van der Waals surface area contributed by atoms with Crippen molar-refractivity contribution in [2.24, 2.45) is 0 Å². The summed E-state index contributed by atoms with van der Waals surface area (Å²) in [6, 6.07) is 19.0. The summed E-state index contributed by atoms with van der Waals surface area (Å²) in [5, 5.41) is 5.47. The normalized spacial score (nSPS) is 11.7. The molecule has 4 rings (SSSR count). The molecular formula is C24H19FN2O3S2. The number of nitrogens with one attached hydrogen (secondary N) is 1. The smallest absolute Gasteiger partial charge is 0.350 e. The van der Waals surface area contributed by atoms with Crippen molar-refractivity contribution in [3.8, 4) is 10.6 Å². The summed E-state index contributed by atoms with van der Waals surface area (Å²) in [6.07, 6.45) is 0. The van der Waals surface area contributed by atoms with Crippen LogP contribution in [-0.4, -0.2) is 23.5 Å². The number of hydrogen-bond acceptors (Lipinski definition) is 6. The zero-order chi connectivity index (χ0) is 22.5. The first-order valence-corrected chi connectivity index (χ1v) is 11.5. The van der Waals surface area contributed by atoms with Crippen molar-refractivity contribution in [2.75, 3.05) is 6.61 Å². The molecule has 0 saturated heterocycles. The molecule has 0 saturated carbocycles. The maximum Gasteiger partial charge on any atom is 0.350 e. The number of thiazole rings is 1. The number of benzene rings is 2. The van der Waals surface area contributed by atoms with Crippen LogP contribution in [0.4, 0.5) is 4.39 Å². The van der Waals surface area contributed by atoms with Crippen LogP contribution in [0.2, 0.25) is 0 Å². The number of hydrogen-bond donors (Lipinski definition) is 1. The molecule has 0 aliphatic heterocycles. The molecule has 162 valence electrons. The molecule has 1 amide bonds. The van der Waals surface area contributed by atoms with Gasteiger partial charge in [0.25, 0.3) is 5.91 Å². The average molecular weight is 467 g/mol. The van der Waals surface area contributed by atoms with E-state index in [-0.39, 0.29) is 11.9 Å². The SMILES string of the molecule is Cc1nc(-c2ccc(F)cc2)sc1C(=O)OCC(=O)NC(c1ccccc1)c1cccs1. The molecular weight excluding hydrogens is 447 g/mol. The molecule has 0 bridgehead atoms. The molecule has 0 aliphatic rings. The summed E-state index contributed by atoms with van der Waals surface area (Å²) in [5.41, 5.74) is 2.15. The molecule has 5 nitrogen and oxygen atoms in total. The summed E-state index contributed by atoms with van der Waals surface area (Å²) in [5.74, 6) is -1.36. The summed E-state index contributed by atoms with van der Waals surface area (Å²) >= 11 is 2.69. The van der Waals surface area contributed by atoms with Gasteiger partial charge in [-0.3, -0.25) is 4.79 Å². The van der Waals surface area contributed by atoms with Crippen molar-refractivity contribution in [1.82, 2.24) is 10.3 Å². The number of thiophene rings is 1. The lowest BCUT2D eigenvalue weighted by Crippen LogP contribution is -2.32. The number of rotatable bonds is 7. The Bertz CT molecular complexity index is 1210. The fourth-order valence-electron chi connectivity index (χ4n) is 3.12. The number of nitrogens with zero attached hydrogens (tertiary/aromatic N) is 1. The summed E-state index contributed by atoms with van der Waals surface area (Å²) in [4.78, 5) is 30.8. The molecule has 8 heteroatoms. The van der Waals surface area contributed by atoms with Gasteiger partial charge in [0, 0.05) is 10.4 Å². The zero-order valence-electron chi connectivity index (χ0n) is 17.1. The van der Waals surface area contributed by atoms with Crippen LogP contribution in [0.25, 0.3) is 10.6 Å². The highest BCUT2D eigenvalue weighted by molar-refractivity contribution is 7.17. The van der Waals surface area contributed by atoms with Gasteiger partial charge in [-0.15, -0.1) is 22.7 Å². The lowest BCUT2D eigenvalue weighted by atomic mass is 10.1. The van der Waals surface area contributed by atoms with Crippen LogP contribution in [0.15, 0.2) is 72.1 Å². The molecule has 32 heavy (non-hydrogen) atoms. The summed E-state index contributed by atoms with van der Waals surface area (Å²) in [7, 11) is 0. The van der Waals surface area contributed by atoms with Gasteiger partial charge >= 0.3 is 5.97 Å². The van der Waals surface area contributed by atoms with Crippen molar-refractivity contribution >= 4 is 34.6 Å². The maximum atomic E-state index is 13.2. The van der Waals surface area contributed by atoms with E-state index in [0.717, 1.165) is 21.8 Å². The Kier molecular flexibility index (Phi) is 6.72. The van der Waals surface area contributed by atoms with Gasteiger partial charge in [-0.1, -0.05) is 36.4 Å². The minimum absolute atomic E-state index is 0.315. The Morgan fingerprint density at radius 2 is 1.81 bits per heavy atom. The molecule has 1 atom stereocenters. The van der Waals surface area contributed by atoms with Gasteiger partial charge in [-0.25, -0.2) is 14.2 Å². The predicted octanol–water partition coefficient (Wildman–Crippen LogP) is 5.38. The van der Waals surface area contributed by atoms with Gasteiger partial charge in [0.2, 0.25) is 0 Å². The average Bonchev–Trinajstić information content (AvgIpc) is 3.47. The number of esters is 1. The molecule has 4 aromatic rings. The highest BCUT2D eigenvalue weighted by Gasteiger charge is 2.21. The van der Waals surface area contributed by atoms with Crippen LogP contribution in [-0.2, 0) is 9.53 Å². The molecule has 1 unspecified atom stereocenters. The maximum absolute atomic E-state index is 13.2. The topological polar surface area (TPSA) is 68.3 Å². The molecule has 0 spiro atoms. The monoisotopic (exact) mass is 466 g/mol. The van der Waals surface area contributed by atoms with Crippen LogP contribution in [0.1, 0.15) is 31.8 Å². The fourth-order valence-corrected chi connectivity index (χ4v) is 4.89. The first kappa shape index (κ1) is 21.9. The second kappa shape index (κ2) is 9.84. The number of carbonyl (C=O) groups excluding carboxylic acids is 2. The van der Waals surface area contributed by atoms with E-state index in [1.807, 2.05) is 47.8 Å². The zero-order valence-corrected chi connectivity index (χ0v) is 18.7. The highest BCUT2D eigenvalue weighted by Crippen LogP contribution is 2.29. The highest BCUT2D eigenvalue weighted by atomic mass is 32.1. The van der Waals surface area contributed by atoms with Crippen LogP contribution in [0, 0.1) is 12.7 Å². The molecule has 2 aromatic carbocycles. The van der Waals surface area contributed by atoms with Crippen molar-refractivity contribution in [2.45, 2.75) is 13.0 Å². The van der Waals surface area contributed by atoms with E-state index in [0.29, 0.717) is 21.1 Å². The van der Waals surface area contributed by atoms with E-state index in [2.05, 4.69) is 10.3 Å². The Hall–Kier alpha value is -3.36. The number of halogens is 1. The molecule has 1 N–H and O–H groups in total. The minimum atomic E-state index is -0.615. The number of aromatic nitrogens is 1. The van der Waals surface area contributed by atoms with Gasteiger partial charge < -0.3 is 10.1 Å². The van der Waals surface area contributed by atoms with E-state index in [1.54, 1.807) is 30.4 Å². The number of amides is 1. The van der Waals surface area contributed by atoms with Gasteiger partial charge in [0.05, 0.1) is 11.7 Å². The fraction of sp³-hybridized carbons (Fsp3) is 0.125. The van der Waals surface area contributed by atoms with Gasteiger partial charge in [0.1, 0.15) is 15.7 Å². The molecule has 0 fully saturated rings. The van der Waals surface area contributed by atoms with Crippen LogP contribution < -0.4 is 5.32 Å². The Morgan fingerprint density at radius 1 is 1.06 bits per heavy atom. The number of carbonyl (C=O) groups is 2. The first-order valence-electron chi connectivity index (χ1n) is 9.79. The van der Waals surface area contributed by atoms with Gasteiger partial charge in [0.15, 0.2) is 6.61 Å². The molecule has 2 heterocycles. The van der Waals surface area contributed by atoms with Crippen LogP contribution in [0.3, 0.4) is 0 Å². The quantitative estimate of drug-likeness (QED) is 0.371. The van der Waals surface area contributed by atoms with Crippen molar-refractivity contribution < 1.29 is 18.7 Å². The van der Waals surface area contributed by atoms with Gasteiger partial charge in [-0.2, -0.15) is 0 Å². The number of ether oxygens (including phenoxy) is 1. The van der Waals surface area contributed by atoms with Crippen molar-refractivity contribution in [1.29, 1.82) is 0 Å². The second-order valence-corrected chi connectivity index (χ2v) is 8.92. The molecule has 0 radical (unpaired) electrons. The standard InChI is InChI=1S/C24H19FN2O3S2/c1-15-22(32-23(26-15)17-9-11-18(25)12-10-17)24(29)30-14-20(28)27-21(19-8-5-13-31-19)16-6-3-2-4-7-16/h2-13,21H,14H2,1H3,(H,27,28). The Labute approximate surface area is 192 Å². The van der Waals surface area contributed by atoms with E-state index < -0.39 is 18.5 Å². The second-order valence-electron chi connectivity index (χ2n) is 6.94. The predicted molar refractivity (Wildman–Crippen MR) is 123 cm³/mol. The third-order valence-corrected chi connectivity index (χ3v) is 6.80. The molecule has 0 aliphatic carbocycles. The van der Waals surface area contributed by atoms with Crippen LogP contribution >= 0.6 is 22.7 Å². The third kappa shape index (κ3) is 5.09. The lowest BCUT2D eigenvalue weighted by Gasteiger charge is -2.18. The molecule has 2 aromatic heterocycles. The van der Waals surface area contributed by atoms with Crippen molar-refractivity contribution in [3.05, 3.63) is 98.9 Å². The van der Waals surface area contributed by atoms with Crippen LogP contribution in [0.5, 0.6) is 0 Å². The summed E-state index contributed by atoms with van der Waals surface area (Å²) in [6.45, 7) is 1.29. The first-order chi connectivity index (χ1) is 15.5. The van der Waals surface area contributed by atoms with Crippen molar-refractivity contribution in [3.63, 3.8) is 0 Å². The number of aryl methyl sites for hydroxylation is 1. The van der Waals surface area contributed by atoms with E-state index in [1.165, 1.54) is 12.1 Å². The lowest BCUT2D eigenvalue weighted by molar-refractivity contribution is -0.124. The summed E-state index contributed by atoms with van der Waals surface area (Å²) < 4.78 is 18.4. The largest absolute Gasteiger partial charge is 0.451 e. The van der Waals surface area contributed by atoms with E-state index in [9.17, 15) is 14.0 Å². The minimum Gasteiger partial charge on any atom is -0.451 e. The van der Waals surface area contributed by atoms with E-state index in [4.69, 9.17) is 4.74 Å². The third-order valence-electron chi connectivity index (χ3n) is 4.67.